The highest BCUT2D eigenvalue weighted by molar-refractivity contribution is 4.89. The van der Waals surface area contributed by atoms with Crippen molar-refractivity contribution in [2.24, 2.45) is 0 Å². The monoisotopic (exact) mass is 173 g/mol. The van der Waals surface area contributed by atoms with Crippen LogP contribution >= 0.6 is 0 Å². The van der Waals surface area contributed by atoms with Crippen molar-refractivity contribution in [2.45, 2.75) is 44.3 Å². The first kappa shape index (κ1) is 9.96. The molecule has 12 heavy (non-hydrogen) atoms. The van der Waals surface area contributed by atoms with Gasteiger partial charge in [0.2, 0.25) is 0 Å². The van der Waals surface area contributed by atoms with Crippen molar-refractivity contribution in [2.75, 3.05) is 13.1 Å². The standard InChI is InChI=1S/C9H19NO2/c1-2-8(11)6-10-7-9(12)4-3-5-9/h8,10-12H,2-7H2,1H3. The Balaban J connectivity index is 2.01. The lowest BCUT2D eigenvalue weighted by Gasteiger charge is -2.36. The van der Waals surface area contributed by atoms with Gasteiger partial charge in [-0.1, -0.05) is 6.92 Å². The van der Waals surface area contributed by atoms with Crippen molar-refractivity contribution in [1.29, 1.82) is 0 Å². The number of hydrogen-bond donors (Lipinski definition) is 3. The van der Waals surface area contributed by atoms with E-state index in [0.29, 0.717) is 13.1 Å². The molecule has 0 aromatic carbocycles. The Labute approximate surface area is 73.8 Å². The summed E-state index contributed by atoms with van der Waals surface area (Å²) in [6.45, 7) is 3.17. The smallest absolute Gasteiger partial charge is 0.0771 e. The summed E-state index contributed by atoms with van der Waals surface area (Å²) in [4.78, 5) is 0. The van der Waals surface area contributed by atoms with Crippen molar-refractivity contribution in [3.63, 3.8) is 0 Å². The van der Waals surface area contributed by atoms with Gasteiger partial charge in [-0.05, 0) is 25.7 Å². The molecule has 1 unspecified atom stereocenters. The lowest BCUT2D eigenvalue weighted by Crippen LogP contribution is -2.47. The second-order valence-corrected chi connectivity index (χ2v) is 3.77. The van der Waals surface area contributed by atoms with Gasteiger partial charge in [-0.2, -0.15) is 0 Å². The minimum atomic E-state index is -0.465. The normalized spacial score (nSPS) is 23.2. The van der Waals surface area contributed by atoms with Crippen LogP contribution in [0.3, 0.4) is 0 Å². The lowest BCUT2D eigenvalue weighted by atomic mass is 9.80. The van der Waals surface area contributed by atoms with Gasteiger partial charge >= 0.3 is 0 Å². The first-order chi connectivity index (χ1) is 5.66. The van der Waals surface area contributed by atoms with E-state index >= 15 is 0 Å². The lowest BCUT2D eigenvalue weighted by molar-refractivity contribution is -0.0328. The molecule has 72 valence electrons. The fourth-order valence-corrected chi connectivity index (χ4v) is 1.38. The topological polar surface area (TPSA) is 52.5 Å². The quantitative estimate of drug-likeness (QED) is 0.559. The van der Waals surface area contributed by atoms with Gasteiger partial charge in [0.05, 0.1) is 11.7 Å². The maximum absolute atomic E-state index is 9.65. The fourth-order valence-electron chi connectivity index (χ4n) is 1.38. The zero-order valence-electron chi connectivity index (χ0n) is 7.71. The van der Waals surface area contributed by atoms with E-state index in [1.807, 2.05) is 6.92 Å². The van der Waals surface area contributed by atoms with Gasteiger partial charge in [-0.3, -0.25) is 0 Å². The molecule has 1 rings (SSSR count). The molecular weight excluding hydrogens is 154 g/mol. The maximum Gasteiger partial charge on any atom is 0.0771 e. The molecule has 1 aliphatic rings. The van der Waals surface area contributed by atoms with Gasteiger partial charge in [0.15, 0.2) is 0 Å². The van der Waals surface area contributed by atoms with Crippen LogP contribution in [0.1, 0.15) is 32.6 Å². The predicted octanol–water partition coefficient (Wildman–Crippen LogP) is 0.262. The molecule has 1 fully saturated rings. The molecule has 1 aliphatic carbocycles. The SMILES string of the molecule is CCC(O)CNCC1(O)CCC1. The van der Waals surface area contributed by atoms with Crippen molar-refractivity contribution in [1.82, 2.24) is 5.32 Å². The highest BCUT2D eigenvalue weighted by atomic mass is 16.3. The molecule has 0 amide bonds. The average molecular weight is 173 g/mol. The van der Waals surface area contributed by atoms with Crippen LogP contribution in [-0.4, -0.2) is 35.0 Å². The van der Waals surface area contributed by atoms with Gasteiger partial charge in [0.1, 0.15) is 0 Å². The molecule has 0 aromatic heterocycles. The summed E-state index contributed by atoms with van der Waals surface area (Å²) in [6.07, 6.45) is 3.44. The van der Waals surface area contributed by atoms with Crippen LogP contribution in [0.5, 0.6) is 0 Å². The Bertz CT molecular complexity index is 134. The van der Waals surface area contributed by atoms with Crippen molar-refractivity contribution >= 4 is 0 Å². The number of aliphatic hydroxyl groups excluding tert-OH is 1. The van der Waals surface area contributed by atoms with E-state index in [4.69, 9.17) is 0 Å². The second-order valence-electron chi connectivity index (χ2n) is 3.77. The summed E-state index contributed by atoms with van der Waals surface area (Å²) < 4.78 is 0. The molecule has 3 N–H and O–H groups in total. The van der Waals surface area contributed by atoms with E-state index in [9.17, 15) is 10.2 Å². The molecule has 0 bridgehead atoms. The van der Waals surface area contributed by atoms with Crippen LogP contribution in [0.25, 0.3) is 0 Å². The van der Waals surface area contributed by atoms with Crippen molar-refractivity contribution in [3.8, 4) is 0 Å². The third kappa shape index (κ3) is 2.73. The van der Waals surface area contributed by atoms with Crippen molar-refractivity contribution in [3.05, 3.63) is 0 Å². The van der Waals surface area contributed by atoms with Gasteiger partial charge in [0, 0.05) is 13.1 Å². The van der Waals surface area contributed by atoms with Crippen LogP contribution in [-0.2, 0) is 0 Å². The summed E-state index contributed by atoms with van der Waals surface area (Å²) >= 11 is 0. The first-order valence-corrected chi connectivity index (χ1v) is 4.77. The third-order valence-corrected chi connectivity index (χ3v) is 2.59. The number of rotatable bonds is 5. The van der Waals surface area contributed by atoms with E-state index in [2.05, 4.69) is 5.32 Å². The number of hydrogen-bond acceptors (Lipinski definition) is 3. The second kappa shape index (κ2) is 4.21. The van der Waals surface area contributed by atoms with Gasteiger partial charge < -0.3 is 15.5 Å². The molecule has 0 radical (unpaired) electrons. The molecule has 0 saturated heterocycles. The van der Waals surface area contributed by atoms with E-state index in [-0.39, 0.29) is 6.10 Å². The Kier molecular flexibility index (Phi) is 3.50. The van der Waals surface area contributed by atoms with Crippen LogP contribution in [0.2, 0.25) is 0 Å². The summed E-state index contributed by atoms with van der Waals surface area (Å²) in [5.74, 6) is 0. The molecule has 0 spiro atoms. The fraction of sp³-hybridized carbons (Fsp3) is 1.00. The Morgan fingerprint density at radius 2 is 2.17 bits per heavy atom. The molecule has 1 atom stereocenters. The summed E-state index contributed by atoms with van der Waals surface area (Å²) in [7, 11) is 0. The highest BCUT2D eigenvalue weighted by Gasteiger charge is 2.33. The highest BCUT2D eigenvalue weighted by Crippen LogP contribution is 2.30. The molecule has 0 aromatic rings. The van der Waals surface area contributed by atoms with Crippen LogP contribution < -0.4 is 5.32 Å². The van der Waals surface area contributed by atoms with Gasteiger partial charge in [-0.15, -0.1) is 0 Å². The third-order valence-electron chi connectivity index (χ3n) is 2.59. The zero-order chi connectivity index (χ0) is 9.03. The molecular formula is C9H19NO2. The number of nitrogens with one attached hydrogen (secondary N) is 1. The maximum atomic E-state index is 9.65. The average Bonchev–Trinajstić information content (AvgIpc) is 2.01. The largest absolute Gasteiger partial charge is 0.392 e. The van der Waals surface area contributed by atoms with Crippen LogP contribution in [0, 0.1) is 0 Å². The van der Waals surface area contributed by atoms with E-state index in [1.54, 1.807) is 0 Å². The van der Waals surface area contributed by atoms with E-state index in [1.165, 1.54) is 0 Å². The van der Waals surface area contributed by atoms with Gasteiger partial charge in [-0.25, -0.2) is 0 Å². The summed E-state index contributed by atoms with van der Waals surface area (Å²) in [5, 5.41) is 21.9. The van der Waals surface area contributed by atoms with Crippen molar-refractivity contribution < 1.29 is 10.2 Å². The number of aliphatic hydroxyl groups is 2. The Hall–Kier alpha value is -0.120. The Morgan fingerprint density at radius 3 is 2.58 bits per heavy atom. The van der Waals surface area contributed by atoms with Crippen LogP contribution in [0.4, 0.5) is 0 Å². The van der Waals surface area contributed by atoms with Gasteiger partial charge in [0.25, 0.3) is 0 Å². The molecule has 0 heterocycles. The Morgan fingerprint density at radius 1 is 1.50 bits per heavy atom. The first-order valence-electron chi connectivity index (χ1n) is 4.77. The molecule has 3 nitrogen and oxygen atoms in total. The zero-order valence-corrected chi connectivity index (χ0v) is 7.71. The molecule has 1 saturated carbocycles. The van der Waals surface area contributed by atoms with E-state index in [0.717, 1.165) is 25.7 Å². The predicted molar refractivity (Wildman–Crippen MR) is 48.0 cm³/mol. The molecule has 3 heteroatoms. The molecule has 0 aliphatic heterocycles. The minimum absolute atomic E-state index is 0.270. The van der Waals surface area contributed by atoms with Crippen LogP contribution in [0.15, 0.2) is 0 Å². The minimum Gasteiger partial charge on any atom is -0.392 e. The summed E-state index contributed by atoms with van der Waals surface area (Å²) in [5.41, 5.74) is -0.465. The van der Waals surface area contributed by atoms with E-state index < -0.39 is 5.60 Å². The summed E-state index contributed by atoms with van der Waals surface area (Å²) in [6, 6.07) is 0.